The Bertz CT molecular complexity index is 1800. The predicted molar refractivity (Wildman–Crippen MR) is 215 cm³/mol. The minimum atomic E-state index is -0.939. The van der Waals surface area contributed by atoms with Crippen molar-refractivity contribution in [2.45, 2.75) is 116 Å². The smallest absolute Gasteiger partial charge is 0.410 e. The van der Waals surface area contributed by atoms with Crippen LogP contribution in [-0.4, -0.2) is 97.1 Å². The predicted octanol–water partition coefficient (Wildman–Crippen LogP) is 6.74. The Hall–Kier alpha value is -5.15. The zero-order chi connectivity index (χ0) is 43.3. The number of carbonyl (C=O) groups is 2. The van der Waals surface area contributed by atoms with E-state index in [1.807, 2.05) is 105 Å². The highest BCUT2D eigenvalue weighted by Crippen LogP contribution is 2.37. The van der Waals surface area contributed by atoms with Crippen molar-refractivity contribution in [1.82, 2.24) is 4.90 Å². The second kappa shape index (κ2) is 25.5. The molecule has 0 aliphatic carbocycles. The monoisotopic (exact) mass is 832 g/mol. The van der Waals surface area contributed by atoms with E-state index in [4.69, 9.17) is 42.7 Å². The highest BCUT2D eigenvalue weighted by molar-refractivity contribution is 5.67. The summed E-state index contributed by atoms with van der Waals surface area (Å²) in [4.78, 5) is 46.1. The summed E-state index contributed by atoms with van der Waals surface area (Å²) in [6.45, 7) is 8.39. The van der Waals surface area contributed by atoms with E-state index >= 15 is 0 Å². The fraction of sp³-hybridized carbons (Fsp3) is 0.523. The van der Waals surface area contributed by atoms with Crippen molar-refractivity contribution in [2.75, 3.05) is 19.8 Å². The average molecular weight is 833 g/mol. The van der Waals surface area contributed by atoms with E-state index in [2.05, 4.69) is 10.0 Å². The molecule has 5 rings (SSSR count). The molecule has 4 unspecified atom stereocenters. The van der Waals surface area contributed by atoms with Gasteiger partial charge >= 0.3 is 18.2 Å². The zero-order valence-corrected chi connectivity index (χ0v) is 34.5. The van der Waals surface area contributed by atoms with Crippen molar-refractivity contribution in [2.24, 2.45) is 17.0 Å². The van der Waals surface area contributed by atoms with Crippen LogP contribution in [0, 0.1) is 11.8 Å². The van der Waals surface area contributed by atoms with Crippen LogP contribution in [0.25, 0.3) is 10.4 Å². The van der Waals surface area contributed by atoms with Crippen LogP contribution < -0.4 is 0 Å². The summed E-state index contributed by atoms with van der Waals surface area (Å²) < 4.78 is 42.6. The van der Waals surface area contributed by atoms with Gasteiger partial charge in [0.1, 0.15) is 25.4 Å². The highest BCUT2D eigenvalue weighted by atomic mass is 16.7. The molecule has 2 heterocycles. The number of unbranched alkanes of at least 4 members (excludes halogenated alkanes) is 2. The number of hydrogen-bond donors (Lipinski definition) is 1. The Morgan fingerprint density at radius 3 is 1.98 bits per heavy atom. The van der Waals surface area contributed by atoms with E-state index in [0.29, 0.717) is 32.5 Å². The molecule has 0 spiro atoms. The number of carbonyl (C=O) groups excluding carboxylic acids is 4. The number of amides is 1. The van der Waals surface area contributed by atoms with Gasteiger partial charge in [0.25, 0.3) is 0 Å². The van der Waals surface area contributed by atoms with Crippen molar-refractivity contribution >= 4 is 18.2 Å². The van der Waals surface area contributed by atoms with Crippen molar-refractivity contribution in [1.29, 1.82) is 0 Å². The van der Waals surface area contributed by atoms with Crippen molar-refractivity contribution in [3.8, 4) is 0 Å². The Kier molecular flexibility index (Phi) is 20.2. The van der Waals surface area contributed by atoms with Gasteiger partial charge < -0.3 is 43.2 Å². The number of benzene rings is 3. The maximum Gasteiger partial charge on any atom is 0.410 e. The normalized spacial score (nSPS) is 25.9. The van der Waals surface area contributed by atoms with E-state index in [9.17, 15) is 20.2 Å². The quantitative estimate of drug-likeness (QED) is 0.0438. The van der Waals surface area contributed by atoms with Gasteiger partial charge in [-0.25, -0.2) is 4.79 Å². The molecule has 0 aromatic heterocycles. The molecule has 0 bridgehead atoms. The van der Waals surface area contributed by atoms with Crippen LogP contribution in [0.5, 0.6) is 0 Å². The molecule has 0 radical (unpaired) electrons. The molecule has 10 atom stereocenters. The van der Waals surface area contributed by atoms with Crippen LogP contribution in [0.3, 0.4) is 0 Å². The van der Waals surface area contributed by atoms with Crippen LogP contribution in [0.2, 0.25) is 0 Å². The largest absolute Gasteiger partial charge is 0.463 e. The van der Waals surface area contributed by atoms with Crippen LogP contribution in [-0.2, 0) is 67.3 Å². The SMILES string of the molecule is CC(=O)OCC1O[C@H](OCCCCCN(Cc2ccccc2)C(=O)OCc2ccccc2)[C@@H](N=[N+]=[N-])C(C)[C@@H]1O[C@@H]1OC(C)[C@@H](O)[C@@H](OCc2ccccc2)C1C.O=C=O. The molecule has 3 aromatic carbocycles. The fourth-order valence-electron chi connectivity index (χ4n) is 7.12. The summed E-state index contributed by atoms with van der Waals surface area (Å²) in [5, 5.41) is 15.1. The van der Waals surface area contributed by atoms with E-state index in [-0.39, 0.29) is 32.1 Å². The van der Waals surface area contributed by atoms with Crippen LogP contribution in [0.1, 0.15) is 63.6 Å². The Morgan fingerprint density at radius 2 is 1.38 bits per heavy atom. The highest BCUT2D eigenvalue weighted by Gasteiger charge is 2.49. The van der Waals surface area contributed by atoms with Crippen LogP contribution >= 0.6 is 0 Å². The van der Waals surface area contributed by atoms with E-state index in [1.54, 1.807) is 11.8 Å². The first-order valence-electron chi connectivity index (χ1n) is 20.1. The van der Waals surface area contributed by atoms with Crippen LogP contribution in [0.15, 0.2) is 96.1 Å². The molecular formula is C44H56N4O12. The molecule has 324 valence electrons. The lowest BCUT2D eigenvalue weighted by Gasteiger charge is -2.48. The first-order chi connectivity index (χ1) is 29.1. The van der Waals surface area contributed by atoms with Gasteiger partial charge in [-0.15, -0.1) is 0 Å². The molecule has 1 amide bonds. The lowest BCUT2D eigenvalue weighted by molar-refractivity contribution is -0.330. The molecule has 0 saturated carbocycles. The maximum atomic E-state index is 13.2. The lowest BCUT2D eigenvalue weighted by Crippen LogP contribution is -2.60. The third-order valence-electron chi connectivity index (χ3n) is 10.4. The lowest BCUT2D eigenvalue weighted by atomic mass is 9.88. The number of nitrogens with zero attached hydrogens (tertiary/aromatic N) is 4. The molecule has 2 saturated heterocycles. The molecular weight excluding hydrogens is 776 g/mol. The standard InChI is InChI=1S/C43H56N4O10.CO2/c1-29-37(45-46-44)42(51-24-16-8-15-23-47(25-33-17-9-5-10-18-33)43(50)54-27-35-21-13-7-14-22-35)56-36(28-52-32(4)48)39(29)57-41-30(2)40(38(49)31(3)55-41)53-26-34-19-11-6-12-20-34;2-1-3/h5-7,9-14,17-22,29-31,36-42,49H,8,15-16,23-28H2,1-4H3;/t29?,30?,31?,36?,37-,38+,39-,40-,41-,42-;/m0./s1. The summed E-state index contributed by atoms with van der Waals surface area (Å²) >= 11 is 0. The third-order valence-corrected chi connectivity index (χ3v) is 10.4. The molecule has 2 aliphatic rings. The molecule has 1 N–H and O–H groups in total. The number of aliphatic hydroxyl groups is 1. The molecule has 3 aromatic rings. The Balaban J connectivity index is 0.00000257. The summed E-state index contributed by atoms with van der Waals surface area (Å²) in [5.74, 6) is -1.34. The molecule has 16 nitrogen and oxygen atoms in total. The summed E-state index contributed by atoms with van der Waals surface area (Å²) in [5.41, 5.74) is 12.5. The summed E-state index contributed by atoms with van der Waals surface area (Å²) in [6.07, 6.45) is -3.42. The molecule has 60 heavy (non-hydrogen) atoms. The minimum Gasteiger partial charge on any atom is -0.463 e. The first kappa shape index (κ1) is 47.5. The van der Waals surface area contributed by atoms with E-state index < -0.39 is 66.9 Å². The fourth-order valence-corrected chi connectivity index (χ4v) is 7.12. The number of ether oxygens (including phenoxy) is 7. The summed E-state index contributed by atoms with van der Waals surface area (Å²) in [7, 11) is 0. The second-order valence-electron chi connectivity index (χ2n) is 14.8. The molecule has 2 aliphatic heterocycles. The van der Waals surface area contributed by atoms with Gasteiger partial charge in [-0.05, 0) is 54.3 Å². The van der Waals surface area contributed by atoms with Crippen LogP contribution in [0.4, 0.5) is 4.79 Å². The second-order valence-corrected chi connectivity index (χ2v) is 14.8. The first-order valence-corrected chi connectivity index (χ1v) is 20.1. The van der Waals surface area contributed by atoms with E-state index in [0.717, 1.165) is 23.1 Å². The van der Waals surface area contributed by atoms with Gasteiger partial charge in [-0.3, -0.25) is 4.79 Å². The van der Waals surface area contributed by atoms with Gasteiger partial charge in [0.15, 0.2) is 12.6 Å². The number of rotatable bonds is 19. The third kappa shape index (κ3) is 14.8. The van der Waals surface area contributed by atoms with Gasteiger partial charge in [0.05, 0.1) is 31.0 Å². The average Bonchev–Trinajstić information content (AvgIpc) is 3.25. The topological polar surface area (TPSA) is 205 Å². The Morgan fingerprint density at radius 1 is 0.783 bits per heavy atom. The Labute approximate surface area is 350 Å². The number of aliphatic hydroxyl groups excluding tert-OH is 1. The number of hydrogen-bond acceptors (Lipinski definition) is 13. The van der Waals surface area contributed by atoms with Gasteiger partial charge in [-0.2, -0.15) is 9.59 Å². The van der Waals surface area contributed by atoms with Gasteiger partial charge in [-0.1, -0.05) is 110 Å². The van der Waals surface area contributed by atoms with E-state index in [1.165, 1.54) is 6.92 Å². The number of esters is 1. The molecule has 2 fully saturated rings. The maximum absolute atomic E-state index is 13.2. The van der Waals surface area contributed by atoms with Crippen molar-refractivity contribution in [3.63, 3.8) is 0 Å². The van der Waals surface area contributed by atoms with Gasteiger partial charge in [0.2, 0.25) is 0 Å². The van der Waals surface area contributed by atoms with Gasteiger partial charge in [0, 0.05) is 37.4 Å². The zero-order valence-electron chi connectivity index (χ0n) is 34.5. The van der Waals surface area contributed by atoms with Crippen molar-refractivity contribution in [3.05, 3.63) is 118 Å². The minimum absolute atomic E-state index is 0.127. The van der Waals surface area contributed by atoms with Crippen molar-refractivity contribution < 1.29 is 57.4 Å². The number of azide groups is 1. The summed E-state index contributed by atoms with van der Waals surface area (Å²) in [6, 6.07) is 28.3. The molecule has 16 heteroatoms.